The van der Waals surface area contributed by atoms with E-state index in [4.69, 9.17) is 14.7 Å². The number of fused-ring (bicyclic) bond motifs is 1. The summed E-state index contributed by atoms with van der Waals surface area (Å²) in [6, 6.07) is 12.2. The molecule has 0 unspecified atom stereocenters. The van der Waals surface area contributed by atoms with Crippen molar-refractivity contribution in [1.29, 1.82) is 0 Å². The van der Waals surface area contributed by atoms with Crippen molar-refractivity contribution in [2.24, 2.45) is 0 Å². The number of aromatic nitrogens is 9. The number of pyridine rings is 1. The molecule has 1 aromatic carbocycles. The third kappa shape index (κ3) is 7.03. The summed E-state index contributed by atoms with van der Waals surface area (Å²) < 4.78 is 7.61. The lowest BCUT2D eigenvalue weighted by atomic mass is 10.1. The average molecular weight is 688 g/mol. The average Bonchev–Trinajstić information content (AvgIpc) is 3.93. The number of hydrogen-bond donors (Lipinski definition) is 7. The molecule has 50 heavy (non-hydrogen) atoms. The van der Waals surface area contributed by atoms with E-state index in [1.807, 2.05) is 35.2 Å². The molecule has 4 aromatic heterocycles. The standard InChI is InChI=1S/C31H37N13O6/c45-12-11-44-40-27(39-41-44)25-23(47)24(48)29(50-25)43-17-33-22-26(34-21(16-46)13-18-5-2-1-3-6-18)37-30(38-28(22)43)42-10-8-20(15-42)36-31(49)35-19-7-4-9-32-14-19/h1-7,9,14,17,20-21,23-25,29,45-48H,8,10-13,15-16H2,(H,34,37,38)(H2,35,36,49)/t20-,21+,23+,24-,25+,29-/m1/s1. The normalized spacial score (nSPS) is 22.6. The van der Waals surface area contributed by atoms with Gasteiger partial charge in [-0.3, -0.25) is 9.55 Å². The summed E-state index contributed by atoms with van der Waals surface area (Å²) in [5, 5.41) is 62.7. The van der Waals surface area contributed by atoms with E-state index in [1.54, 1.807) is 24.5 Å². The van der Waals surface area contributed by atoms with Crippen LogP contribution in [0.2, 0.25) is 0 Å². The van der Waals surface area contributed by atoms with Crippen LogP contribution in [0, 0.1) is 0 Å². The highest BCUT2D eigenvalue weighted by Gasteiger charge is 2.47. The van der Waals surface area contributed by atoms with Crippen LogP contribution in [0.4, 0.5) is 22.2 Å². The molecule has 0 saturated carbocycles. The third-order valence-corrected chi connectivity index (χ3v) is 8.56. The van der Waals surface area contributed by atoms with Gasteiger partial charge in [0.2, 0.25) is 11.8 Å². The second kappa shape index (κ2) is 14.6. The Bertz CT molecular complexity index is 1890. The van der Waals surface area contributed by atoms with Crippen LogP contribution < -0.4 is 20.9 Å². The number of nitrogens with zero attached hydrogens (tertiary/aromatic N) is 10. The van der Waals surface area contributed by atoms with E-state index in [-0.39, 0.29) is 37.7 Å². The molecular formula is C31H37N13O6. The molecule has 2 amide bonds. The lowest BCUT2D eigenvalue weighted by molar-refractivity contribution is -0.0384. The van der Waals surface area contributed by atoms with Crippen LogP contribution in [0.25, 0.3) is 11.2 Å². The first kappa shape index (κ1) is 33.2. The Morgan fingerprint density at radius 2 is 1.94 bits per heavy atom. The van der Waals surface area contributed by atoms with Gasteiger partial charge >= 0.3 is 6.03 Å². The molecule has 6 heterocycles. The predicted molar refractivity (Wildman–Crippen MR) is 177 cm³/mol. The molecule has 7 N–H and O–H groups in total. The fourth-order valence-corrected chi connectivity index (χ4v) is 6.09. The van der Waals surface area contributed by atoms with Crippen LogP contribution in [0.15, 0.2) is 61.2 Å². The summed E-state index contributed by atoms with van der Waals surface area (Å²) in [4.78, 5) is 34.0. The molecule has 19 nitrogen and oxygen atoms in total. The second-order valence-corrected chi connectivity index (χ2v) is 12.1. The number of amides is 2. The molecule has 0 bridgehead atoms. The third-order valence-electron chi connectivity index (χ3n) is 8.56. The highest BCUT2D eigenvalue weighted by molar-refractivity contribution is 5.89. The Kier molecular flexibility index (Phi) is 9.72. The first-order chi connectivity index (χ1) is 24.4. The number of nitrogens with one attached hydrogen (secondary N) is 3. The van der Waals surface area contributed by atoms with Gasteiger partial charge in [0.05, 0.1) is 44.0 Å². The Balaban J connectivity index is 1.17. The maximum Gasteiger partial charge on any atom is 0.319 e. The first-order valence-electron chi connectivity index (χ1n) is 16.2. The van der Waals surface area contributed by atoms with E-state index in [2.05, 4.69) is 41.3 Å². The summed E-state index contributed by atoms with van der Waals surface area (Å²) in [6.07, 6.45) is 0.669. The van der Waals surface area contributed by atoms with Gasteiger partial charge in [-0.15, -0.1) is 10.2 Å². The molecule has 2 aliphatic heterocycles. The number of tetrazole rings is 1. The summed E-state index contributed by atoms with van der Waals surface area (Å²) in [7, 11) is 0. The minimum absolute atomic E-state index is 0.0458. The zero-order valence-electron chi connectivity index (χ0n) is 26.8. The molecule has 2 aliphatic rings. The lowest BCUT2D eigenvalue weighted by Crippen LogP contribution is -2.40. The van der Waals surface area contributed by atoms with Gasteiger partial charge in [0.1, 0.15) is 12.2 Å². The van der Waals surface area contributed by atoms with Gasteiger partial charge in [0, 0.05) is 25.3 Å². The number of benzene rings is 1. The molecule has 0 aliphatic carbocycles. The van der Waals surface area contributed by atoms with Gasteiger partial charge in [0.15, 0.2) is 29.3 Å². The number of carbonyl (C=O) groups is 1. The number of anilines is 3. The Hall–Kier alpha value is -5.34. The highest BCUT2D eigenvalue weighted by atomic mass is 16.6. The fraction of sp³-hybridized carbons (Fsp3) is 0.419. The first-order valence-corrected chi connectivity index (χ1v) is 16.2. The maximum atomic E-state index is 12.7. The van der Waals surface area contributed by atoms with E-state index >= 15 is 0 Å². The Morgan fingerprint density at radius 3 is 2.72 bits per heavy atom. The number of hydrogen-bond acceptors (Lipinski definition) is 15. The summed E-state index contributed by atoms with van der Waals surface area (Å²) in [5.41, 5.74) is 2.24. The van der Waals surface area contributed by atoms with Crippen LogP contribution in [0.3, 0.4) is 0 Å². The zero-order chi connectivity index (χ0) is 34.6. The van der Waals surface area contributed by atoms with E-state index in [0.29, 0.717) is 54.5 Å². The number of ether oxygens (including phenoxy) is 1. The SMILES string of the molecule is O=C(Nc1cccnc1)N[C@@H]1CCN(c2nc(N[C@H](CO)Cc3ccccc3)c3ncn([C@@H]4O[C@H](c5nnn(CCO)n5)[C@@H](O)[C@H]4O)c3n2)C1. The van der Waals surface area contributed by atoms with Crippen LogP contribution in [0.5, 0.6) is 0 Å². The van der Waals surface area contributed by atoms with E-state index in [9.17, 15) is 25.2 Å². The fourth-order valence-electron chi connectivity index (χ4n) is 6.09. The van der Waals surface area contributed by atoms with Crippen molar-refractivity contribution in [3.63, 3.8) is 0 Å². The number of carbonyl (C=O) groups excluding carboxylic acids is 1. The van der Waals surface area contributed by atoms with E-state index in [0.717, 1.165) is 5.56 Å². The monoisotopic (exact) mass is 687 g/mol. The molecular weight excluding hydrogens is 650 g/mol. The van der Waals surface area contributed by atoms with Gasteiger partial charge in [-0.05, 0) is 35.8 Å². The minimum atomic E-state index is -1.42. The molecule has 2 saturated heterocycles. The zero-order valence-corrected chi connectivity index (χ0v) is 26.8. The van der Waals surface area contributed by atoms with Gasteiger partial charge in [0.25, 0.3) is 0 Å². The van der Waals surface area contributed by atoms with Crippen molar-refractivity contribution in [1.82, 2.24) is 50.0 Å². The summed E-state index contributed by atoms with van der Waals surface area (Å²) >= 11 is 0. The van der Waals surface area contributed by atoms with Crippen molar-refractivity contribution in [2.45, 2.75) is 56.0 Å². The van der Waals surface area contributed by atoms with Crippen LogP contribution >= 0.6 is 0 Å². The molecule has 262 valence electrons. The maximum absolute atomic E-state index is 12.7. The van der Waals surface area contributed by atoms with Gasteiger partial charge in [-0.25, -0.2) is 9.78 Å². The summed E-state index contributed by atoms with van der Waals surface area (Å²) in [5.74, 6) is 0.723. The van der Waals surface area contributed by atoms with Crippen molar-refractivity contribution >= 4 is 34.6 Å². The number of aliphatic hydroxyl groups is 4. The molecule has 19 heteroatoms. The molecule has 0 radical (unpaired) electrons. The molecule has 2 fully saturated rings. The van der Waals surface area contributed by atoms with Crippen molar-refractivity contribution in [2.75, 3.05) is 41.8 Å². The summed E-state index contributed by atoms with van der Waals surface area (Å²) in [6.45, 7) is 0.642. The molecule has 5 aromatic rings. The van der Waals surface area contributed by atoms with E-state index < -0.39 is 30.6 Å². The Morgan fingerprint density at radius 1 is 1.08 bits per heavy atom. The number of urea groups is 1. The van der Waals surface area contributed by atoms with Crippen molar-refractivity contribution < 1.29 is 30.0 Å². The topological polar surface area (TPSA) is 247 Å². The quantitative estimate of drug-likeness (QED) is 0.0883. The molecule has 0 spiro atoms. The lowest BCUT2D eigenvalue weighted by Gasteiger charge is -2.22. The van der Waals surface area contributed by atoms with Crippen molar-refractivity contribution in [3.05, 3.63) is 72.6 Å². The molecule has 7 rings (SSSR count). The smallest absolute Gasteiger partial charge is 0.319 e. The van der Waals surface area contributed by atoms with Crippen LogP contribution in [-0.2, 0) is 17.7 Å². The van der Waals surface area contributed by atoms with Gasteiger partial charge in [-0.1, -0.05) is 30.3 Å². The van der Waals surface area contributed by atoms with E-state index in [1.165, 1.54) is 15.7 Å². The van der Waals surface area contributed by atoms with Crippen molar-refractivity contribution in [3.8, 4) is 0 Å². The predicted octanol–water partition coefficient (Wildman–Crippen LogP) is -0.392. The highest BCUT2D eigenvalue weighted by Crippen LogP contribution is 2.39. The van der Waals surface area contributed by atoms with Gasteiger partial charge < -0.3 is 46.0 Å². The number of aliphatic hydroxyl groups excluding tert-OH is 4. The minimum Gasteiger partial charge on any atom is -0.394 e. The number of rotatable bonds is 12. The number of imidazole rings is 1. The largest absolute Gasteiger partial charge is 0.394 e. The second-order valence-electron chi connectivity index (χ2n) is 12.1. The Labute approximate surface area is 285 Å². The van der Waals surface area contributed by atoms with Crippen LogP contribution in [0.1, 0.15) is 30.1 Å². The van der Waals surface area contributed by atoms with Gasteiger partial charge in [-0.2, -0.15) is 14.8 Å². The van der Waals surface area contributed by atoms with Crippen LogP contribution in [-0.4, -0.2) is 122 Å². The molecule has 6 atom stereocenters.